The molecule has 0 spiro atoms. The lowest BCUT2D eigenvalue weighted by Gasteiger charge is -2.09. The number of hydrogen-bond donors (Lipinski definition) is 0. The van der Waals surface area contributed by atoms with Crippen molar-refractivity contribution in [3.05, 3.63) is 28.7 Å². The molecule has 0 saturated heterocycles. The molecule has 0 aromatic heterocycles. The summed E-state index contributed by atoms with van der Waals surface area (Å²) in [5.74, 6) is 0. The maximum atomic E-state index is 5.59. The zero-order valence-corrected chi connectivity index (χ0v) is 10.4. The van der Waals surface area contributed by atoms with E-state index in [9.17, 15) is 0 Å². The summed E-state index contributed by atoms with van der Waals surface area (Å²) in [7, 11) is 0. The molecule has 0 fully saturated rings. The first-order valence-corrected chi connectivity index (χ1v) is 5.73. The van der Waals surface area contributed by atoms with Crippen LogP contribution in [-0.2, 0) is 0 Å². The zero-order chi connectivity index (χ0) is 9.19. The predicted molar refractivity (Wildman–Crippen MR) is 60.3 cm³/mol. The Bertz CT molecular complexity index is 254. The number of thioether (sulfide) groups is 1. The Hall–Kier alpha value is 0.920. The minimum absolute atomic E-state index is 0.929. The van der Waals surface area contributed by atoms with E-state index in [1.165, 1.54) is 11.8 Å². The van der Waals surface area contributed by atoms with Crippen LogP contribution < -0.4 is 0 Å². The maximum Gasteiger partial charge on any atom is 0.241 e. The van der Waals surface area contributed by atoms with E-state index < -0.39 is 3.12 Å². The van der Waals surface area contributed by atoms with Crippen molar-refractivity contribution in [3.8, 4) is 0 Å². The van der Waals surface area contributed by atoms with Crippen molar-refractivity contribution in [2.24, 2.45) is 0 Å². The number of hydrogen-bond acceptors (Lipinski definition) is 1. The fourth-order valence-electron chi connectivity index (χ4n) is 0.636. The summed E-state index contributed by atoms with van der Waals surface area (Å²) >= 11 is 21.3. The molecule has 1 aromatic rings. The second-order valence-electron chi connectivity index (χ2n) is 2.00. The van der Waals surface area contributed by atoms with Crippen LogP contribution in [0, 0.1) is 0 Å². The van der Waals surface area contributed by atoms with Gasteiger partial charge in [0.05, 0.1) is 0 Å². The van der Waals surface area contributed by atoms with Gasteiger partial charge in [0.2, 0.25) is 3.12 Å². The van der Waals surface area contributed by atoms with Gasteiger partial charge in [0.1, 0.15) is 0 Å². The van der Waals surface area contributed by atoms with Crippen molar-refractivity contribution < 1.29 is 0 Å². The van der Waals surface area contributed by atoms with Crippen LogP contribution >= 0.6 is 62.5 Å². The first kappa shape index (κ1) is 11.0. The third kappa shape index (κ3) is 4.24. The van der Waals surface area contributed by atoms with Crippen LogP contribution in [0.1, 0.15) is 0 Å². The molecule has 0 N–H and O–H groups in total. The second-order valence-corrected chi connectivity index (χ2v) is 7.16. The molecule has 1 aromatic carbocycles. The van der Waals surface area contributed by atoms with Crippen LogP contribution in [-0.4, -0.2) is 3.12 Å². The van der Waals surface area contributed by atoms with Crippen molar-refractivity contribution in [2.45, 2.75) is 8.02 Å². The standard InChI is InChI=1S/C7H4BrCl3S/c8-5-1-3-6(4-2-5)12-7(9,10)11/h1-4H. The summed E-state index contributed by atoms with van der Waals surface area (Å²) in [4.78, 5) is 0.929. The third-order valence-corrected chi connectivity index (χ3v) is 3.01. The smallest absolute Gasteiger partial charge is 0.0714 e. The molecule has 0 saturated carbocycles. The number of rotatable bonds is 1. The largest absolute Gasteiger partial charge is 0.241 e. The van der Waals surface area contributed by atoms with Crippen molar-refractivity contribution in [1.29, 1.82) is 0 Å². The molecule has 0 heterocycles. The van der Waals surface area contributed by atoms with Gasteiger partial charge in [0.15, 0.2) is 0 Å². The van der Waals surface area contributed by atoms with E-state index >= 15 is 0 Å². The lowest BCUT2D eigenvalue weighted by molar-refractivity contribution is 1.43. The van der Waals surface area contributed by atoms with E-state index in [4.69, 9.17) is 34.8 Å². The summed E-state index contributed by atoms with van der Waals surface area (Å²) in [6.07, 6.45) is 0. The maximum absolute atomic E-state index is 5.59. The van der Waals surface area contributed by atoms with Crippen LogP contribution in [0.25, 0.3) is 0 Å². The molecule has 5 heteroatoms. The van der Waals surface area contributed by atoms with Crippen LogP contribution in [0.2, 0.25) is 0 Å². The highest BCUT2D eigenvalue weighted by Crippen LogP contribution is 2.43. The average molecular weight is 306 g/mol. The minimum atomic E-state index is -1.28. The van der Waals surface area contributed by atoms with Gasteiger partial charge >= 0.3 is 0 Å². The highest BCUT2D eigenvalue weighted by atomic mass is 79.9. The topological polar surface area (TPSA) is 0 Å². The summed E-state index contributed by atoms with van der Waals surface area (Å²) < 4.78 is -0.274. The van der Waals surface area contributed by atoms with Crippen molar-refractivity contribution >= 4 is 62.5 Å². The molecule has 0 unspecified atom stereocenters. The molecule has 12 heavy (non-hydrogen) atoms. The SMILES string of the molecule is ClC(Cl)(Cl)Sc1ccc(Br)cc1. The van der Waals surface area contributed by atoms with Crippen LogP contribution in [0.5, 0.6) is 0 Å². The summed E-state index contributed by atoms with van der Waals surface area (Å²) in [5, 5.41) is 0. The van der Waals surface area contributed by atoms with E-state index in [0.717, 1.165) is 9.37 Å². The lowest BCUT2D eigenvalue weighted by atomic mass is 10.4. The highest BCUT2D eigenvalue weighted by molar-refractivity contribution is 9.10. The predicted octanol–water partition coefficient (Wildman–Crippen LogP) is 4.87. The van der Waals surface area contributed by atoms with Crippen molar-refractivity contribution in [1.82, 2.24) is 0 Å². The molecule has 0 radical (unpaired) electrons. The van der Waals surface area contributed by atoms with Gasteiger partial charge < -0.3 is 0 Å². The molecule has 0 aliphatic carbocycles. The summed E-state index contributed by atoms with van der Waals surface area (Å²) in [6.45, 7) is 0. The third-order valence-electron chi connectivity index (χ3n) is 1.05. The Morgan fingerprint density at radius 1 is 1.08 bits per heavy atom. The summed E-state index contributed by atoms with van der Waals surface area (Å²) in [5.41, 5.74) is 0. The quantitative estimate of drug-likeness (QED) is 0.527. The fourth-order valence-corrected chi connectivity index (χ4v) is 2.24. The van der Waals surface area contributed by atoms with Gasteiger partial charge in [-0.2, -0.15) is 0 Å². The number of halogens is 4. The molecule has 0 bridgehead atoms. The second kappa shape index (κ2) is 4.43. The first-order valence-electron chi connectivity index (χ1n) is 2.99. The normalized spacial score (nSPS) is 11.7. The van der Waals surface area contributed by atoms with E-state index in [-0.39, 0.29) is 0 Å². The van der Waals surface area contributed by atoms with Crippen LogP contribution in [0.3, 0.4) is 0 Å². The average Bonchev–Trinajstić information content (AvgIpc) is 1.91. The molecule has 0 nitrogen and oxygen atoms in total. The van der Waals surface area contributed by atoms with Gasteiger partial charge in [-0.05, 0) is 24.3 Å². The molecular weight excluding hydrogens is 302 g/mol. The van der Waals surface area contributed by atoms with E-state index in [0.29, 0.717) is 0 Å². The lowest BCUT2D eigenvalue weighted by Crippen LogP contribution is -1.92. The Morgan fingerprint density at radius 3 is 2.00 bits per heavy atom. The van der Waals surface area contributed by atoms with Gasteiger partial charge in [-0.3, -0.25) is 0 Å². The van der Waals surface area contributed by atoms with Crippen LogP contribution in [0.4, 0.5) is 0 Å². The van der Waals surface area contributed by atoms with Gasteiger partial charge in [-0.1, -0.05) is 62.5 Å². The molecule has 0 atom stereocenters. The molecular formula is C7H4BrCl3S. The van der Waals surface area contributed by atoms with Gasteiger partial charge in [-0.15, -0.1) is 0 Å². The number of benzene rings is 1. The minimum Gasteiger partial charge on any atom is -0.0714 e. The number of alkyl halides is 3. The van der Waals surface area contributed by atoms with Crippen molar-refractivity contribution in [2.75, 3.05) is 0 Å². The Balaban J connectivity index is 2.71. The van der Waals surface area contributed by atoms with Crippen LogP contribution in [0.15, 0.2) is 33.6 Å². The van der Waals surface area contributed by atoms with E-state index in [2.05, 4.69) is 15.9 Å². The Kier molecular flexibility index (Phi) is 4.06. The van der Waals surface area contributed by atoms with Crippen molar-refractivity contribution in [3.63, 3.8) is 0 Å². The molecule has 0 aliphatic heterocycles. The van der Waals surface area contributed by atoms with Gasteiger partial charge in [-0.25, -0.2) is 0 Å². The molecule has 66 valence electrons. The Labute approximate surface area is 98.7 Å². The van der Waals surface area contributed by atoms with Gasteiger partial charge in [0.25, 0.3) is 0 Å². The monoisotopic (exact) mass is 304 g/mol. The van der Waals surface area contributed by atoms with E-state index in [1.54, 1.807) is 0 Å². The first-order chi connectivity index (χ1) is 5.47. The van der Waals surface area contributed by atoms with Gasteiger partial charge in [0, 0.05) is 9.37 Å². The fraction of sp³-hybridized carbons (Fsp3) is 0.143. The molecule has 0 aliphatic rings. The highest BCUT2D eigenvalue weighted by Gasteiger charge is 2.20. The molecule has 0 amide bonds. The molecule has 1 rings (SSSR count). The van der Waals surface area contributed by atoms with E-state index in [1.807, 2.05) is 24.3 Å². The Morgan fingerprint density at radius 2 is 1.58 bits per heavy atom. The zero-order valence-electron chi connectivity index (χ0n) is 5.73. The summed E-state index contributed by atoms with van der Waals surface area (Å²) in [6, 6.07) is 7.57.